The SMILES string of the molecule is CC(Oc1ccccc1/C=C1/SC(=S)N(NC(=O)c2ccc(OCc3ccccc3Cl)cc2)C1=O)C(=O)O. The van der Waals surface area contributed by atoms with Crippen molar-refractivity contribution < 1.29 is 29.0 Å². The molecule has 38 heavy (non-hydrogen) atoms. The van der Waals surface area contributed by atoms with Gasteiger partial charge in [-0.2, -0.15) is 5.01 Å². The average Bonchev–Trinajstić information content (AvgIpc) is 3.16. The second-order valence-corrected chi connectivity index (χ2v) is 10.1. The molecule has 1 aliphatic rings. The molecule has 1 aliphatic heterocycles. The molecule has 2 amide bonds. The number of hydrazine groups is 1. The number of hydrogen-bond acceptors (Lipinski definition) is 7. The van der Waals surface area contributed by atoms with Crippen LogP contribution in [0.4, 0.5) is 0 Å². The van der Waals surface area contributed by atoms with E-state index >= 15 is 0 Å². The third kappa shape index (κ3) is 6.52. The zero-order valence-corrected chi connectivity index (χ0v) is 22.3. The molecule has 1 fully saturated rings. The molecule has 8 nitrogen and oxygen atoms in total. The lowest BCUT2D eigenvalue weighted by atomic mass is 10.2. The Balaban J connectivity index is 1.41. The van der Waals surface area contributed by atoms with Gasteiger partial charge in [-0.15, -0.1) is 0 Å². The second kappa shape index (κ2) is 12.1. The molecular formula is C27H21ClN2O6S2. The number of carbonyl (C=O) groups is 3. The highest BCUT2D eigenvalue weighted by Gasteiger charge is 2.34. The number of nitrogens with one attached hydrogen (secondary N) is 1. The van der Waals surface area contributed by atoms with Crippen LogP contribution in [0.5, 0.6) is 11.5 Å². The fraction of sp³-hybridized carbons (Fsp3) is 0.111. The van der Waals surface area contributed by atoms with Crippen LogP contribution in [0.15, 0.2) is 77.7 Å². The van der Waals surface area contributed by atoms with Crippen LogP contribution in [0.25, 0.3) is 6.08 Å². The number of amides is 2. The van der Waals surface area contributed by atoms with Crippen molar-refractivity contribution in [2.24, 2.45) is 0 Å². The Morgan fingerprint density at radius 2 is 1.79 bits per heavy atom. The van der Waals surface area contributed by atoms with Gasteiger partial charge in [-0.05, 0) is 61.6 Å². The minimum Gasteiger partial charge on any atom is -0.489 e. The Hall–Kier alpha value is -3.86. The number of benzene rings is 3. The molecule has 0 aromatic heterocycles. The molecule has 1 saturated heterocycles. The third-order valence-corrected chi connectivity index (χ3v) is 7.00. The van der Waals surface area contributed by atoms with Crippen molar-refractivity contribution in [2.75, 3.05) is 0 Å². The minimum atomic E-state index is -1.12. The van der Waals surface area contributed by atoms with E-state index in [0.717, 1.165) is 22.3 Å². The van der Waals surface area contributed by atoms with Crippen LogP contribution in [0.1, 0.15) is 28.4 Å². The highest BCUT2D eigenvalue weighted by atomic mass is 35.5. The smallest absolute Gasteiger partial charge is 0.344 e. The molecule has 194 valence electrons. The quantitative estimate of drug-likeness (QED) is 0.264. The summed E-state index contributed by atoms with van der Waals surface area (Å²) in [6, 6.07) is 20.5. The fourth-order valence-electron chi connectivity index (χ4n) is 3.30. The molecule has 3 aromatic rings. The summed E-state index contributed by atoms with van der Waals surface area (Å²) in [5.74, 6) is -1.32. The summed E-state index contributed by atoms with van der Waals surface area (Å²) in [5.41, 5.74) is 4.17. The van der Waals surface area contributed by atoms with Crippen molar-refractivity contribution in [3.8, 4) is 11.5 Å². The van der Waals surface area contributed by atoms with Gasteiger partial charge in [0.25, 0.3) is 11.8 Å². The van der Waals surface area contributed by atoms with Gasteiger partial charge in [0.1, 0.15) is 18.1 Å². The van der Waals surface area contributed by atoms with Crippen molar-refractivity contribution >= 4 is 63.8 Å². The van der Waals surface area contributed by atoms with E-state index < -0.39 is 23.9 Å². The first kappa shape index (κ1) is 27.2. The summed E-state index contributed by atoms with van der Waals surface area (Å²) in [4.78, 5) is 37.2. The number of aliphatic carboxylic acids is 1. The number of thiocarbonyl (C=S) groups is 1. The van der Waals surface area contributed by atoms with Crippen LogP contribution in [0, 0.1) is 0 Å². The normalized spacial score (nSPS) is 14.9. The number of carbonyl (C=O) groups excluding carboxylic acids is 2. The summed E-state index contributed by atoms with van der Waals surface area (Å²) in [7, 11) is 0. The monoisotopic (exact) mass is 568 g/mol. The first-order chi connectivity index (χ1) is 18.2. The lowest BCUT2D eigenvalue weighted by Crippen LogP contribution is -2.44. The van der Waals surface area contributed by atoms with Gasteiger partial charge in [0.05, 0.1) is 4.91 Å². The number of para-hydroxylation sites is 1. The summed E-state index contributed by atoms with van der Waals surface area (Å²) < 4.78 is 11.4. The van der Waals surface area contributed by atoms with Gasteiger partial charge in [0, 0.05) is 21.7 Å². The lowest BCUT2D eigenvalue weighted by Gasteiger charge is -2.16. The summed E-state index contributed by atoms with van der Waals surface area (Å²) in [6.45, 7) is 1.68. The van der Waals surface area contributed by atoms with Crippen molar-refractivity contribution in [1.82, 2.24) is 10.4 Å². The molecule has 0 spiro atoms. The molecule has 1 unspecified atom stereocenters. The van der Waals surface area contributed by atoms with Crippen LogP contribution in [0.2, 0.25) is 5.02 Å². The molecule has 4 rings (SSSR count). The van der Waals surface area contributed by atoms with E-state index in [1.165, 1.54) is 6.92 Å². The number of ether oxygens (including phenoxy) is 2. The van der Waals surface area contributed by atoms with Gasteiger partial charge in [-0.1, -0.05) is 59.8 Å². The molecule has 3 aromatic carbocycles. The topological polar surface area (TPSA) is 105 Å². The Morgan fingerprint density at radius 3 is 2.50 bits per heavy atom. The van der Waals surface area contributed by atoms with Crippen molar-refractivity contribution in [1.29, 1.82) is 0 Å². The molecule has 0 radical (unpaired) electrons. The molecule has 11 heteroatoms. The molecule has 2 N–H and O–H groups in total. The van der Waals surface area contributed by atoms with Crippen LogP contribution < -0.4 is 14.9 Å². The third-order valence-electron chi connectivity index (χ3n) is 5.33. The maximum absolute atomic E-state index is 13.0. The average molecular weight is 569 g/mol. The van der Waals surface area contributed by atoms with Gasteiger partial charge in [0.2, 0.25) is 0 Å². The number of hydrogen-bond donors (Lipinski definition) is 2. The van der Waals surface area contributed by atoms with E-state index in [-0.39, 0.29) is 15.8 Å². The van der Waals surface area contributed by atoms with Gasteiger partial charge in [-0.25, -0.2) is 4.79 Å². The van der Waals surface area contributed by atoms with Crippen molar-refractivity contribution in [3.05, 3.63) is 99.4 Å². The number of carboxylic acids is 1. The van der Waals surface area contributed by atoms with Crippen molar-refractivity contribution in [3.63, 3.8) is 0 Å². The van der Waals surface area contributed by atoms with Gasteiger partial charge in [0.15, 0.2) is 10.4 Å². The zero-order valence-electron chi connectivity index (χ0n) is 19.9. The van der Waals surface area contributed by atoms with Gasteiger partial charge >= 0.3 is 5.97 Å². The highest BCUT2D eigenvalue weighted by Crippen LogP contribution is 2.33. The molecule has 1 atom stereocenters. The van der Waals surface area contributed by atoms with Crippen LogP contribution >= 0.6 is 35.6 Å². The first-order valence-electron chi connectivity index (χ1n) is 11.3. The number of carboxylic acid groups (broad SMARTS) is 1. The Morgan fingerprint density at radius 1 is 1.11 bits per heavy atom. The lowest BCUT2D eigenvalue weighted by molar-refractivity contribution is -0.144. The summed E-state index contributed by atoms with van der Waals surface area (Å²) in [5, 5.41) is 10.7. The zero-order chi connectivity index (χ0) is 27.2. The number of thioether (sulfide) groups is 1. The molecule has 1 heterocycles. The maximum Gasteiger partial charge on any atom is 0.344 e. The highest BCUT2D eigenvalue weighted by molar-refractivity contribution is 8.26. The fourth-order valence-corrected chi connectivity index (χ4v) is 4.66. The van der Waals surface area contributed by atoms with Gasteiger partial charge in [-0.3, -0.25) is 15.0 Å². The van der Waals surface area contributed by atoms with Crippen LogP contribution in [-0.4, -0.2) is 38.3 Å². The largest absolute Gasteiger partial charge is 0.489 e. The Bertz CT molecular complexity index is 1430. The molecule has 0 bridgehead atoms. The summed E-state index contributed by atoms with van der Waals surface area (Å²) in [6.07, 6.45) is 0.465. The molecular weight excluding hydrogens is 548 g/mol. The number of nitrogens with zero attached hydrogens (tertiary/aromatic N) is 1. The second-order valence-electron chi connectivity index (χ2n) is 8.00. The van der Waals surface area contributed by atoms with E-state index in [2.05, 4.69) is 5.43 Å². The predicted octanol–water partition coefficient (Wildman–Crippen LogP) is 5.32. The maximum atomic E-state index is 13.0. The van der Waals surface area contributed by atoms with E-state index in [4.69, 9.17) is 38.4 Å². The number of halogens is 1. The predicted molar refractivity (Wildman–Crippen MR) is 149 cm³/mol. The first-order valence-corrected chi connectivity index (χ1v) is 12.9. The van der Waals surface area contributed by atoms with Gasteiger partial charge < -0.3 is 14.6 Å². The minimum absolute atomic E-state index is 0.145. The van der Waals surface area contributed by atoms with E-state index in [1.54, 1.807) is 60.7 Å². The Labute approximate surface area is 233 Å². The van der Waals surface area contributed by atoms with E-state index in [9.17, 15) is 14.4 Å². The Kier molecular flexibility index (Phi) is 8.67. The van der Waals surface area contributed by atoms with E-state index in [1.807, 2.05) is 18.2 Å². The molecule has 0 aliphatic carbocycles. The summed E-state index contributed by atoms with van der Waals surface area (Å²) >= 11 is 12.5. The van der Waals surface area contributed by atoms with E-state index in [0.29, 0.717) is 27.6 Å². The van der Waals surface area contributed by atoms with Crippen LogP contribution in [-0.2, 0) is 16.2 Å². The standard InChI is InChI=1S/C27H21ClN2O6S2/c1-16(26(33)34)36-22-9-5-3-6-18(22)14-23-25(32)30(27(37)38-23)29-24(31)17-10-12-20(13-11-17)35-15-19-7-2-4-8-21(19)28/h2-14,16H,15H2,1H3,(H,29,31)(H,33,34)/b23-14+. The van der Waals surface area contributed by atoms with Crippen molar-refractivity contribution in [2.45, 2.75) is 19.6 Å². The van der Waals surface area contributed by atoms with Crippen LogP contribution in [0.3, 0.4) is 0 Å². The number of rotatable bonds is 9. The molecule has 0 saturated carbocycles.